The number of guanidine groups is 1. The summed E-state index contributed by atoms with van der Waals surface area (Å²) < 4.78 is 5.55. The molecule has 1 heterocycles. The van der Waals surface area contributed by atoms with Gasteiger partial charge in [-0.2, -0.15) is 11.3 Å². The van der Waals surface area contributed by atoms with Gasteiger partial charge in [-0.3, -0.25) is 0 Å². The first-order valence-corrected chi connectivity index (χ1v) is 7.97. The highest BCUT2D eigenvalue weighted by Crippen LogP contribution is 2.20. The molecule has 0 saturated heterocycles. The van der Waals surface area contributed by atoms with Crippen LogP contribution < -0.4 is 10.6 Å². The van der Waals surface area contributed by atoms with Gasteiger partial charge in [0.2, 0.25) is 0 Å². The van der Waals surface area contributed by atoms with E-state index in [0.717, 1.165) is 19.0 Å². The quantitative estimate of drug-likeness (QED) is 0.627. The molecular formula is C15H27N3OS. The highest BCUT2D eigenvalue weighted by Gasteiger charge is 2.24. The first kappa shape index (κ1) is 17.0. The number of thiophene rings is 1. The van der Waals surface area contributed by atoms with E-state index in [0.29, 0.717) is 6.54 Å². The fourth-order valence-electron chi connectivity index (χ4n) is 1.83. The molecule has 114 valence electrons. The molecule has 0 bridgehead atoms. The second kappa shape index (κ2) is 8.27. The zero-order valence-electron chi connectivity index (χ0n) is 13.2. The van der Waals surface area contributed by atoms with Crippen LogP contribution in [-0.4, -0.2) is 32.3 Å². The van der Waals surface area contributed by atoms with Gasteiger partial charge in [-0.15, -0.1) is 0 Å². The molecule has 0 saturated carbocycles. The Labute approximate surface area is 126 Å². The van der Waals surface area contributed by atoms with Crippen molar-refractivity contribution < 1.29 is 4.74 Å². The van der Waals surface area contributed by atoms with Gasteiger partial charge in [0.15, 0.2) is 5.96 Å². The fourth-order valence-corrected chi connectivity index (χ4v) is 2.49. The lowest BCUT2D eigenvalue weighted by Gasteiger charge is -2.30. The Balaban J connectivity index is 2.56. The predicted octanol–water partition coefficient (Wildman–Crippen LogP) is 2.86. The monoisotopic (exact) mass is 297 g/mol. The van der Waals surface area contributed by atoms with E-state index in [-0.39, 0.29) is 11.5 Å². The zero-order valence-corrected chi connectivity index (χ0v) is 14.0. The van der Waals surface area contributed by atoms with Crippen molar-refractivity contribution >= 4 is 17.3 Å². The SMILES string of the molecule is CCNC(=NCc1ccsc1)NCC(OC)C(C)(C)C. The molecular weight excluding hydrogens is 270 g/mol. The number of rotatable bonds is 6. The number of nitrogens with one attached hydrogen (secondary N) is 2. The van der Waals surface area contributed by atoms with E-state index in [1.54, 1.807) is 18.4 Å². The molecule has 0 amide bonds. The molecule has 1 atom stereocenters. The molecule has 2 N–H and O–H groups in total. The van der Waals surface area contributed by atoms with Crippen molar-refractivity contribution in [3.63, 3.8) is 0 Å². The summed E-state index contributed by atoms with van der Waals surface area (Å²) in [7, 11) is 1.76. The minimum Gasteiger partial charge on any atom is -0.379 e. The molecule has 0 fully saturated rings. The standard InChI is InChI=1S/C15H27N3OS/c1-6-16-14(17-9-12-7-8-20-11-12)18-10-13(19-5)15(2,3)4/h7-8,11,13H,6,9-10H2,1-5H3,(H2,16,17,18). The topological polar surface area (TPSA) is 45.7 Å². The van der Waals surface area contributed by atoms with Crippen LogP contribution in [0.3, 0.4) is 0 Å². The maximum absolute atomic E-state index is 5.55. The second-order valence-electron chi connectivity index (χ2n) is 5.80. The van der Waals surface area contributed by atoms with Crippen molar-refractivity contribution in [3.05, 3.63) is 22.4 Å². The summed E-state index contributed by atoms with van der Waals surface area (Å²) in [5.74, 6) is 0.838. The molecule has 4 nitrogen and oxygen atoms in total. The van der Waals surface area contributed by atoms with Crippen LogP contribution in [0.1, 0.15) is 33.3 Å². The van der Waals surface area contributed by atoms with Crippen LogP contribution in [0.15, 0.2) is 21.8 Å². The predicted molar refractivity (Wildman–Crippen MR) is 87.4 cm³/mol. The summed E-state index contributed by atoms with van der Waals surface area (Å²) >= 11 is 1.70. The minimum atomic E-state index is 0.104. The Morgan fingerprint density at radius 1 is 1.40 bits per heavy atom. The largest absolute Gasteiger partial charge is 0.379 e. The molecule has 0 aromatic carbocycles. The van der Waals surface area contributed by atoms with E-state index in [9.17, 15) is 0 Å². The summed E-state index contributed by atoms with van der Waals surface area (Å²) in [6.45, 7) is 10.9. The molecule has 0 spiro atoms. The zero-order chi connectivity index (χ0) is 15.0. The maximum Gasteiger partial charge on any atom is 0.191 e. The molecule has 1 aromatic rings. The average Bonchev–Trinajstić information content (AvgIpc) is 2.88. The van der Waals surface area contributed by atoms with Gasteiger partial charge in [-0.1, -0.05) is 20.8 Å². The van der Waals surface area contributed by atoms with Crippen LogP contribution >= 0.6 is 11.3 Å². The Kier molecular flexibility index (Phi) is 7.02. The maximum atomic E-state index is 5.55. The molecule has 1 aromatic heterocycles. The highest BCUT2D eigenvalue weighted by atomic mass is 32.1. The first-order chi connectivity index (χ1) is 9.47. The van der Waals surface area contributed by atoms with Crippen LogP contribution in [-0.2, 0) is 11.3 Å². The Hall–Kier alpha value is -1.07. The van der Waals surface area contributed by atoms with E-state index >= 15 is 0 Å². The third-order valence-electron chi connectivity index (χ3n) is 3.05. The van der Waals surface area contributed by atoms with Crippen molar-refractivity contribution in [2.75, 3.05) is 20.2 Å². The van der Waals surface area contributed by atoms with Gasteiger partial charge >= 0.3 is 0 Å². The van der Waals surface area contributed by atoms with Gasteiger partial charge in [0.1, 0.15) is 0 Å². The summed E-state index contributed by atoms with van der Waals surface area (Å²) in [6.07, 6.45) is 0.146. The smallest absolute Gasteiger partial charge is 0.191 e. The van der Waals surface area contributed by atoms with Crippen LogP contribution in [0.5, 0.6) is 0 Å². The third-order valence-corrected chi connectivity index (χ3v) is 3.78. The van der Waals surface area contributed by atoms with Gasteiger partial charge in [-0.05, 0) is 34.7 Å². The summed E-state index contributed by atoms with van der Waals surface area (Å²) in [5, 5.41) is 10.8. The number of nitrogens with zero attached hydrogens (tertiary/aromatic N) is 1. The van der Waals surface area contributed by atoms with E-state index in [2.05, 4.69) is 60.1 Å². The molecule has 0 aliphatic carbocycles. The van der Waals surface area contributed by atoms with E-state index in [1.165, 1.54) is 5.56 Å². The van der Waals surface area contributed by atoms with Gasteiger partial charge < -0.3 is 15.4 Å². The number of hydrogen-bond acceptors (Lipinski definition) is 3. The fraction of sp³-hybridized carbons (Fsp3) is 0.667. The molecule has 1 unspecified atom stereocenters. The summed E-state index contributed by atoms with van der Waals surface area (Å²) in [4.78, 5) is 4.59. The number of ether oxygens (including phenoxy) is 1. The average molecular weight is 297 g/mol. The normalized spacial score (nSPS) is 14.2. The van der Waals surface area contributed by atoms with Gasteiger partial charge in [0, 0.05) is 20.2 Å². The van der Waals surface area contributed by atoms with E-state index in [1.807, 2.05) is 0 Å². The Morgan fingerprint density at radius 3 is 2.65 bits per heavy atom. The lowest BCUT2D eigenvalue weighted by Crippen LogP contribution is -2.45. The van der Waals surface area contributed by atoms with Crippen molar-refractivity contribution in [1.82, 2.24) is 10.6 Å². The second-order valence-corrected chi connectivity index (χ2v) is 6.58. The molecule has 0 aliphatic heterocycles. The van der Waals surface area contributed by atoms with Crippen LogP contribution in [0.4, 0.5) is 0 Å². The summed E-state index contributed by atoms with van der Waals surface area (Å²) in [5.41, 5.74) is 1.35. The van der Waals surface area contributed by atoms with Crippen molar-refractivity contribution in [3.8, 4) is 0 Å². The van der Waals surface area contributed by atoms with Gasteiger partial charge in [0.05, 0.1) is 12.6 Å². The van der Waals surface area contributed by atoms with Crippen molar-refractivity contribution in [2.45, 2.75) is 40.3 Å². The van der Waals surface area contributed by atoms with E-state index in [4.69, 9.17) is 4.74 Å². The number of hydrogen-bond donors (Lipinski definition) is 2. The van der Waals surface area contributed by atoms with E-state index < -0.39 is 0 Å². The van der Waals surface area contributed by atoms with Crippen molar-refractivity contribution in [1.29, 1.82) is 0 Å². The van der Waals surface area contributed by atoms with Gasteiger partial charge in [0.25, 0.3) is 0 Å². The Morgan fingerprint density at radius 2 is 2.15 bits per heavy atom. The summed E-state index contributed by atoms with van der Waals surface area (Å²) in [6, 6.07) is 2.10. The number of aliphatic imine (C=N–C) groups is 1. The molecule has 1 rings (SSSR count). The lowest BCUT2D eigenvalue weighted by molar-refractivity contribution is 0.0205. The molecule has 20 heavy (non-hydrogen) atoms. The highest BCUT2D eigenvalue weighted by molar-refractivity contribution is 7.07. The first-order valence-electron chi connectivity index (χ1n) is 7.03. The lowest BCUT2D eigenvalue weighted by atomic mass is 9.89. The number of methoxy groups -OCH3 is 1. The molecule has 0 radical (unpaired) electrons. The third kappa shape index (κ3) is 5.92. The van der Waals surface area contributed by atoms with Gasteiger partial charge in [-0.25, -0.2) is 4.99 Å². The van der Waals surface area contributed by atoms with Crippen LogP contribution in [0, 0.1) is 5.41 Å². The molecule has 5 heteroatoms. The molecule has 0 aliphatic rings. The van der Waals surface area contributed by atoms with Crippen LogP contribution in [0.25, 0.3) is 0 Å². The van der Waals surface area contributed by atoms with Crippen molar-refractivity contribution in [2.24, 2.45) is 10.4 Å². The van der Waals surface area contributed by atoms with Crippen LogP contribution in [0.2, 0.25) is 0 Å². The Bertz CT molecular complexity index is 396. The minimum absolute atomic E-state index is 0.104.